The minimum atomic E-state index is -4.83. The molecule has 29 heavy (non-hydrogen) atoms. The number of hydrogen-bond acceptors (Lipinski definition) is 2. The zero-order valence-electron chi connectivity index (χ0n) is 14.7. The summed E-state index contributed by atoms with van der Waals surface area (Å²) in [4.78, 5) is 17.9. The van der Waals surface area contributed by atoms with Crippen molar-refractivity contribution in [3.63, 3.8) is 0 Å². The Labute approximate surface area is 167 Å². The topological polar surface area (TPSA) is 45.2 Å². The monoisotopic (exact) mass is 429 g/mol. The first-order chi connectivity index (χ1) is 13.6. The van der Waals surface area contributed by atoms with Crippen molar-refractivity contribution >= 4 is 28.9 Å². The third-order valence-electron chi connectivity index (χ3n) is 5.24. The molecule has 1 saturated heterocycles. The molecule has 2 amide bonds. The number of aromatic nitrogens is 1. The van der Waals surface area contributed by atoms with Crippen LogP contribution in [-0.2, 0) is 6.18 Å². The summed E-state index contributed by atoms with van der Waals surface area (Å²) in [5.74, 6) is -1.95. The van der Waals surface area contributed by atoms with Gasteiger partial charge < -0.3 is 10.2 Å². The molecule has 0 radical (unpaired) electrons. The molecule has 2 aliphatic heterocycles. The molecule has 1 aromatic carbocycles. The molecule has 4 nitrogen and oxygen atoms in total. The number of amides is 2. The zero-order valence-corrected chi connectivity index (χ0v) is 15.4. The van der Waals surface area contributed by atoms with Gasteiger partial charge in [-0.2, -0.15) is 17.6 Å². The van der Waals surface area contributed by atoms with E-state index in [-0.39, 0.29) is 11.6 Å². The third kappa shape index (κ3) is 3.13. The molecule has 2 atom stereocenters. The van der Waals surface area contributed by atoms with E-state index >= 15 is 0 Å². The second kappa shape index (κ2) is 6.69. The van der Waals surface area contributed by atoms with Gasteiger partial charge in [-0.1, -0.05) is 18.2 Å². The van der Waals surface area contributed by atoms with Crippen LogP contribution in [0.15, 0.2) is 31.0 Å². The lowest BCUT2D eigenvalue weighted by Crippen LogP contribution is -2.43. The van der Waals surface area contributed by atoms with Crippen LogP contribution in [0.5, 0.6) is 0 Å². The van der Waals surface area contributed by atoms with Gasteiger partial charge in [-0.25, -0.2) is 14.2 Å². The van der Waals surface area contributed by atoms with Crippen LogP contribution in [0, 0.1) is 11.8 Å². The number of fused-ring (bicyclic) bond motifs is 4. The number of anilines is 1. The summed E-state index contributed by atoms with van der Waals surface area (Å²) >= 11 is 5.62. The quantitative estimate of drug-likeness (QED) is 0.460. The minimum Gasteiger partial charge on any atom is -0.310 e. The Bertz CT molecular complexity index is 1040. The Morgan fingerprint density at radius 3 is 2.62 bits per heavy atom. The number of urea groups is 1. The number of nitrogens with one attached hydrogen (secondary N) is 1. The zero-order chi connectivity index (χ0) is 21.1. The van der Waals surface area contributed by atoms with Crippen molar-refractivity contribution in [2.24, 2.45) is 0 Å². The number of pyridine rings is 1. The van der Waals surface area contributed by atoms with Crippen LogP contribution >= 0.6 is 11.6 Å². The van der Waals surface area contributed by atoms with Crippen molar-refractivity contribution in [3.8, 4) is 0 Å². The third-order valence-corrected chi connectivity index (χ3v) is 5.56. The van der Waals surface area contributed by atoms with Crippen LogP contribution in [0.4, 0.5) is 32.4 Å². The first-order valence-corrected chi connectivity index (χ1v) is 8.96. The average molecular weight is 430 g/mol. The maximum absolute atomic E-state index is 14.2. The molecule has 0 aliphatic carbocycles. The number of hydrogen-bond donors (Lipinski definition) is 1. The average Bonchev–Trinajstić information content (AvgIpc) is 3.01. The highest BCUT2D eigenvalue weighted by atomic mass is 35.5. The summed E-state index contributed by atoms with van der Waals surface area (Å²) in [6.45, 7) is 3.88. The van der Waals surface area contributed by atoms with Gasteiger partial charge in [0.25, 0.3) is 0 Å². The molecule has 152 valence electrons. The van der Waals surface area contributed by atoms with E-state index in [0.29, 0.717) is 24.0 Å². The van der Waals surface area contributed by atoms with E-state index < -0.39 is 52.3 Å². The fourth-order valence-electron chi connectivity index (χ4n) is 3.99. The van der Waals surface area contributed by atoms with Crippen molar-refractivity contribution in [2.45, 2.75) is 31.1 Å². The van der Waals surface area contributed by atoms with E-state index in [9.17, 15) is 26.7 Å². The maximum Gasteiger partial charge on any atom is 0.417 e. The number of rotatable bonds is 1. The predicted octanol–water partition coefficient (Wildman–Crippen LogP) is 5.80. The SMILES string of the molecule is C=C1c2c(ccnc2F)C2CCC1N2C(=O)Nc1cc(Cl)c(C(F)(F)F)cc1F. The van der Waals surface area contributed by atoms with Gasteiger partial charge in [0.2, 0.25) is 5.95 Å². The second-order valence-corrected chi connectivity index (χ2v) is 7.25. The van der Waals surface area contributed by atoms with Crippen LogP contribution in [-0.4, -0.2) is 22.0 Å². The molecule has 0 saturated carbocycles. The van der Waals surface area contributed by atoms with Crippen LogP contribution in [0.25, 0.3) is 5.57 Å². The summed E-state index contributed by atoms with van der Waals surface area (Å²) in [6, 6.07) is 0.792. The molecule has 4 rings (SSSR count). The molecule has 10 heteroatoms. The largest absolute Gasteiger partial charge is 0.417 e. The lowest BCUT2D eigenvalue weighted by atomic mass is 9.91. The molecule has 2 aliphatic rings. The summed E-state index contributed by atoms with van der Waals surface area (Å²) in [5.41, 5.74) is -0.631. The van der Waals surface area contributed by atoms with Crippen molar-refractivity contribution < 1.29 is 26.7 Å². The molecule has 2 aromatic rings. The normalized spacial score (nSPS) is 20.6. The van der Waals surface area contributed by atoms with Crippen LogP contribution in [0.2, 0.25) is 5.02 Å². The van der Waals surface area contributed by atoms with E-state index in [1.165, 1.54) is 11.1 Å². The Balaban J connectivity index is 1.65. The molecular formula is C19H13ClF5N3O. The number of nitrogens with zero attached hydrogens (tertiary/aromatic N) is 2. The Morgan fingerprint density at radius 1 is 1.24 bits per heavy atom. The number of alkyl halides is 3. The van der Waals surface area contributed by atoms with Gasteiger partial charge in [-0.05, 0) is 42.2 Å². The second-order valence-electron chi connectivity index (χ2n) is 6.85. The molecule has 3 heterocycles. The highest BCUT2D eigenvalue weighted by molar-refractivity contribution is 6.31. The van der Waals surface area contributed by atoms with E-state index in [1.54, 1.807) is 6.07 Å². The Hall–Kier alpha value is -2.68. The van der Waals surface area contributed by atoms with Crippen molar-refractivity contribution in [1.29, 1.82) is 0 Å². The lowest BCUT2D eigenvalue weighted by molar-refractivity contribution is -0.137. The first-order valence-electron chi connectivity index (χ1n) is 8.58. The molecule has 1 fully saturated rings. The molecule has 2 bridgehead atoms. The molecule has 0 spiro atoms. The molecule has 1 N–H and O–H groups in total. The molecule has 2 unspecified atom stereocenters. The summed E-state index contributed by atoms with van der Waals surface area (Å²) in [5, 5.41) is 1.54. The van der Waals surface area contributed by atoms with E-state index in [1.807, 2.05) is 0 Å². The van der Waals surface area contributed by atoms with Crippen molar-refractivity contribution in [1.82, 2.24) is 9.88 Å². The minimum absolute atomic E-state index is 0.234. The Morgan fingerprint density at radius 2 is 1.93 bits per heavy atom. The van der Waals surface area contributed by atoms with Gasteiger partial charge in [-0.15, -0.1) is 0 Å². The van der Waals surface area contributed by atoms with Gasteiger partial charge in [0.1, 0.15) is 5.82 Å². The summed E-state index contributed by atoms with van der Waals surface area (Å²) in [7, 11) is 0. The van der Waals surface area contributed by atoms with E-state index in [0.717, 1.165) is 6.07 Å². The number of carbonyl (C=O) groups excluding carboxylic acids is 1. The highest BCUT2D eigenvalue weighted by Gasteiger charge is 2.46. The van der Waals surface area contributed by atoms with Gasteiger partial charge in [0.05, 0.1) is 28.4 Å². The Kier molecular flexibility index (Phi) is 4.53. The van der Waals surface area contributed by atoms with E-state index in [4.69, 9.17) is 11.6 Å². The summed E-state index contributed by atoms with van der Waals surface area (Å²) < 4.78 is 66.9. The number of halogens is 6. The van der Waals surface area contributed by atoms with E-state index in [2.05, 4.69) is 16.9 Å². The first kappa shape index (κ1) is 19.6. The predicted molar refractivity (Wildman–Crippen MR) is 96.3 cm³/mol. The van der Waals surface area contributed by atoms with Gasteiger partial charge in [-0.3, -0.25) is 0 Å². The van der Waals surface area contributed by atoms with Crippen molar-refractivity contribution in [2.75, 3.05) is 5.32 Å². The summed E-state index contributed by atoms with van der Waals surface area (Å²) in [6.07, 6.45) is -2.50. The van der Waals surface area contributed by atoms with Crippen LogP contribution in [0.3, 0.4) is 0 Å². The van der Waals surface area contributed by atoms with Crippen molar-refractivity contribution in [3.05, 3.63) is 64.5 Å². The highest BCUT2D eigenvalue weighted by Crippen LogP contribution is 2.49. The molecule has 1 aromatic heterocycles. The fourth-order valence-corrected chi connectivity index (χ4v) is 4.26. The smallest absolute Gasteiger partial charge is 0.310 e. The van der Waals surface area contributed by atoms with Crippen LogP contribution < -0.4 is 5.32 Å². The van der Waals surface area contributed by atoms with Crippen LogP contribution in [0.1, 0.15) is 35.6 Å². The standard InChI is InChI=1S/C19H13ClF5N3O/c1-8-14-2-3-15(9-4-5-26-17(22)16(8)9)28(14)18(29)27-13-7-11(20)10(6-12(13)21)19(23,24)25/h4-7,14-15H,1-3H2,(H,27,29). The molecular weight excluding hydrogens is 417 g/mol. The fraction of sp³-hybridized carbons (Fsp3) is 0.263. The lowest BCUT2D eigenvalue weighted by Gasteiger charge is -2.37. The van der Waals surface area contributed by atoms with Gasteiger partial charge >= 0.3 is 12.2 Å². The number of benzene rings is 1. The van der Waals surface area contributed by atoms with Gasteiger partial charge in [0, 0.05) is 11.8 Å². The number of carbonyl (C=O) groups is 1. The maximum atomic E-state index is 14.2. The van der Waals surface area contributed by atoms with Gasteiger partial charge in [0.15, 0.2) is 0 Å².